The molecule has 8 saturated carbocycles. The Morgan fingerprint density at radius 2 is 0.646 bits per heavy atom. The molecule has 17 aromatic carbocycles. The van der Waals surface area contributed by atoms with E-state index < -0.39 is 0 Å². The lowest BCUT2D eigenvalue weighted by Crippen LogP contribution is -2.55. The van der Waals surface area contributed by atoms with E-state index in [1.807, 2.05) is 0 Å². The van der Waals surface area contributed by atoms with E-state index in [1.54, 1.807) is 22.3 Å². The molecule has 11 aliphatic rings. The van der Waals surface area contributed by atoms with Gasteiger partial charge in [-0.3, -0.25) is 0 Å². The molecule has 3 aromatic heterocycles. The van der Waals surface area contributed by atoms with E-state index in [1.165, 1.54) is 169 Å². The standard InChI is InChI=1S/C64H48N2O.C61H49NO/c1-3-13-42(14-4-1)43-25-28-48(29-26-43)65(58-22-12-23-59-63(58)52-18-8-10-21-57(52)66(59)47-15-5-2-6-16-47)49-30-32-60-54(39-49)62-50(19-11-24-61(62)67-60)44-27-31-56-53(38-44)51-17-7-9-20-55(51)64(56)45-34-40-33-41(36-45)37-46(64)35-40;1-60(2)54-17-8-6-13-48(54)52-35-45(24-27-55(52)60)62(44-22-19-40(20-23-44)39-11-4-3-5-12-39)46-25-28-58-53(36-46)50-16-10-15-47(59(50)63-58)41-21-26-57-51(34-41)49-14-7-9-18-56(49)61(57)42-30-37-29-38(32-42)33-43(61)31-37/h1-32,38-41,45-46H,33-37H2;3-28,34-38,42-43H,29-33H2,1-2H3. The maximum Gasteiger partial charge on any atom is 0.143 e. The molecule has 20 aromatic rings. The van der Waals surface area contributed by atoms with Crippen molar-refractivity contribution in [1.82, 2.24) is 4.57 Å². The summed E-state index contributed by atoms with van der Waals surface area (Å²) in [5.74, 6) is 6.73. The van der Waals surface area contributed by atoms with Crippen LogP contribution >= 0.6 is 0 Å². The van der Waals surface area contributed by atoms with Crippen LogP contribution in [0.25, 0.3) is 149 Å². The van der Waals surface area contributed by atoms with Gasteiger partial charge >= 0.3 is 0 Å². The Labute approximate surface area is 758 Å². The molecule has 3 heterocycles. The van der Waals surface area contributed by atoms with Crippen LogP contribution in [0.1, 0.15) is 111 Å². The average molecular weight is 1670 g/mol. The second-order valence-corrected chi connectivity index (χ2v) is 40.1. The minimum Gasteiger partial charge on any atom is -0.456 e. The Morgan fingerprint density at radius 1 is 0.246 bits per heavy atom. The number of hydrogen-bond donors (Lipinski definition) is 0. The van der Waals surface area contributed by atoms with Crippen LogP contribution in [-0.2, 0) is 16.2 Å². The second kappa shape index (κ2) is 28.4. The fourth-order valence-electron chi connectivity index (χ4n) is 28.6. The van der Waals surface area contributed by atoms with Gasteiger partial charge in [-0.25, -0.2) is 0 Å². The van der Waals surface area contributed by atoms with Crippen molar-refractivity contribution >= 4 is 99.8 Å². The molecule has 2 spiro atoms. The van der Waals surface area contributed by atoms with E-state index in [-0.39, 0.29) is 16.2 Å². The van der Waals surface area contributed by atoms with E-state index in [9.17, 15) is 0 Å². The summed E-state index contributed by atoms with van der Waals surface area (Å²) in [7, 11) is 0. The zero-order valence-electron chi connectivity index (χ0n) is 73.2. The van der Waals surface area contributed by atoms with Crippen molar-refractivity contribution in [2.75, 3.05) is 9.80 Å². The maximum absolute atomic E-state index is 6.93. The molecule has 624 valence electrons. The topological polar surface area (TPSA) is 37.7 Å². The van der Waals surface area contributed by atoms with Crippen LogP contribution in [0.15, 0.2) is 391 Å². The van der Waals surface area contributed by atoms with E-state index in [2.05, 4.69) is 410 Å². The number of fused-ring (bicyclic) bond motifs is 18. The highest BCUT2D eigenvalue weighted by Crippen LogP contribution is 2.72. The Kier molecular flexibility index (Phi) is 16.3. The molecule has 5 heteroatoms. The number of benzene rings is 17. The van der Waals surface area contributed by atoms with Crippen LogP contribution in [0.3, 0.4) is 0 Å². The SMILES string of the molecule is CC1(C)c2ccccc2-c2cc(N(c3ccc(-c4ccccc4)cc3)c3ccc4oc5c(-c6ccc7c(c6)-c6ccccc6C76C7CC8CC(C7)CC6C8)cccc5c4c3)ccc21.c1ccc(-c2ccc(N(c3ccc4oc5cccc(-c6ccc7c(c6)-c6ccccc6C76C7CC8CC(C7)CC6C8)c5c4c3)c3cccc4c3c3ccccc3n4-c3ccccc3)cc2)cc1. The van der Waals surface area contributed by atoms with E-state index in [0.717, 1.165) is 137 Å². The minimum absolute atomic E-state index is 0.0578. The Hall–Kier alpha value is -14.3. The largest absolute Gasteiger partial charge is 0.456 e. The van der Waals surface area contributed by atoms with Crippen LogP contribution < -0.4 is 9.80 Å². The number of rotatable bonds is 11. The number of anilines is 6. The first-order valence-corrected chi connectivity index (χ1v) is 47.8. The zero-order chi connectivity index (χ0) is 85.4. The fraction of sp³-hybridized carbons (Fsp3) is 0.184. The highest BCUT2D eigenvalue weighted by atomic mass is 16.3. The molecule has 8 fully saturated rings. The van der Waals surface area contributed by atoms with Gasteiger partial charge in [-0.1, -0.05) is 275 Å². The minimum atomic E-state index is -0.0578. The quantitative estimate of drug-likeness (QED) is 0.129. The first kappa shape index (κ1) is 74.8. The van der Waals surface area contributed by atoms with Gasteiger partial charge in [-0.2, -0.15) is 0 Å². The summed E-state index contributed by atoms with van der Waals surface area (Å²) in [6, 6.07) is 143. The van der Waals surface area contributed by atoms with Crippen LogP contribution in [0.2, 0.25) is 0 Å². The van der Waals surface area contributed by atoms with E-state index >= 15 is 0 Å². The summed E-state index contributed by atoms with van der Waals surface area (Å²) in [5.41, 5.74) is 41.3. The maximum atomic E-state index is 6.93. The molecule has 0 aliphatic heterocycles. The van der Waals surface area contributed by atoms with Gasteiger partial charge in [0.15, 0.2) is 0 Å². The third kappa shape index (κ3) is 10.9. The summed E-state index contributed by atoms with van der Waals surface area (Å²) in [4.78, 5) is 4.87. The van der Waals surface area contributed by atoms with E-state index in [0.29, 0.717) is 0 Å². The number of aromatic nitrogens is 1. The van der Waals surface area contributed by atoms with Gasteiger partial charge < -0.3 is 23.2 Å². The lowest BCUT2D eigenvalue weighted by molar-refractivity contribution is -0.0399. The molecule has 0 unspecified atom stereocenters. The molecule has 0 radical (unpaired) electrons. The van der Waals surface area contributed by atoms with Gasteiger partial charge in [0.25, 0.3) is 0 Å². The van der Waals surface area contributed by atoms with Crippen molar-refractivity contribution in [2.45, 2.75) is 94.3 Å². The summed E-state index contributed by atoms with van der Waals surface area (Å²) in [6.07, 6.45) is 14.1. The number of furan rings is 2. The Morgan fingerprint density at radius 3 is 1.25 bits per heavy atom. The first-order chi connectivity index (χ1) is 64.1. The van der Waals surface area contributed by atoms with Crippen LogP contribution in [0, 0.1) is 47.3 Å². The molecule has 11 aliphatic carbocycles. The number of hydrogen-bond acceptors (Lipinski definition) is 4. The van der Waals surface area contributed by atoms with Gasteiger partial charge in [0.1, 0.15) is 22.3 Å². The highest BCUT2D eigenvalue weighted by Gasteiger charge is 2.63. The average Bonchev–Trinajstić information content (AvgIpc) is 1.50. The lowest BCUT2D eigenvalue weighted by Gasteiger charge is -2.61. The van der Waals surface area contributed by atoms with Crippen LogP contribution in [0.4, 0.5) is 34.1 Å². The smallest absolute Gasteiger partial charge is 0.143 e. The molecule has 31 rings (SSSR count). The summed E-state index contributed by atoms with van der Waals surface area (Å²) in [5, 5.41) is 6.98. The monoisotopic (exact) mass is 1670 g/mol. The van der Waals surface area contributed by atoms with Crippen molar-refractivity contribution in [3.8, 4) is 83.6 Å². The molecular formula is C125H97N3O2. The second-order valence-electron chi connectivity index (χ2n) is 40.1. The number of para-hydroxylation sites is 3. The number of nitrogens with zero attached hydrogens (tertiary/aromatic N) is 3. The van der Waals surface area contributed by atoms with Crippen molar-refractivity contribution < 1.29 is 8.83 Å². The molecule has 0 N–H and O–H groups in total. The molecule has 5 nitrogen and oxygen atoms in total. The fourth-order valence-corrected chi connectivity index (χ4v) is 28.6. The van der Waals surface area contributed by atoms with Gasteiger partial charge in [0.05, 0.1) is 16.7 Å². The predicted molar refractivity (Wildman–Crippen MR) is 537 cm³/mol. The summed E-state index contributed by atoms with van der Waals surface area (Å²) < 4.78 is 16.1. The predicted octanol–water partition coefficient (Wildman–Crippen LogP) is 33.6. The highest BCUT2D eigenvalue weighted by molar-refractivity contribution is 6.19. The summed E-state index contributed by atoms with van der Waals surface area (Å²) in [6.45, 7) is 4.70. The van der Waals surface area contributed by atoms with E-state index in [4.69, 9.17) is 8.83 Å². The van der Waals surface area contributed by atoms with Crippen molar-refractivity contribution in [3.05, 3.63) is 416 Å². The normalized spacial score (nSPS) is 22.0. The Bertz CT molecular complexity index is 7980. The van der Waals surface area contributed by atoms with Gasteiger partial charge in [-0.15, -0.1) is 0 Å². The first-order valence-electron chi connectivity index (χ1n) is 47.8. The lowest BCUT2D eigenvalue weighted by atomic mass is 9.43. The molecule has 0 amide bonds. The van der Waals surface area contributed by atoms with Crippen LogP contribution in [-0.4, -0.2) is 4.57 Å². The van der Waals surface area contributed by atoms with Crippen molar-refractivity contribution in [3.63, 3.8) is 0 Å². The van der Waals surface area contributed by atoms with Crippen molar-refractivity contribution in [1.29, 1.82) is 0 Å². The third-order valence-corrected chi connectivity index (χ3v) is 33.4. The Balaban J connectivity index is 0.000000131. The third-order valence-electron chi connectivity index (χ3n) is 33.4. The van der Waals surface area contributed by atoms with Gasteiger partial charge in [-0.05, 0) is 339 Å². The molecule has 130 heavy (non-hydrogen) atoms. The molecule has 0 saturated heterocycles. The van der Waals surface area contributed by atoms with Gasteiger partial charge in [0, 0.05) is 88.3 Å². The zero-order valence-corrected chi connectivity index (χ0v) is 73.2. The molecular weight excluding hydrogens is 1580 g/mol. The van der Waals surface area contributed by atoms with Crippen molar-refractivity contribution in [2.24, 2.45) is 47.3 Å². The van der Waals surface area contributed by atoms with Crippen LogP contribution in [0.5, 0.6) is 0 Å². The van der Waals surface area contributed by atoms with Gasteiger partial charge in [0.2, 0.25) is 0 Å². The molecule has 0 atom stereocenters. The summed E-state index contributed by atoms with van der Waals surface area (Å²) >= 11 is 0. The molecule has 8 bridgehead atoms.